The molecule has 0 radical (unpaired) electrons. The molecule has 224 valence electrons. The van der Waals surface area contributed by atoms with Gasteiger partial charge in [-0.2, -0.15) is 5.10 Å². The summed E-state index contributed by atoms with van der Waals surface area (Å²) in [4.78, 5) is 44.6. The van der Waals surface area contributed by atoms with Crippen molar-refractivity contribution in [1.82, 2.24) is 23.9 Å². The van der Waals surface area contributed by atoms with E-state index < -0.39 is 40.9 Å². The number of ether oxygens (including phenoxy) is 1. The molecule has 0 amide bonds. The summed E-state index contributed by atoms with van der Waals surface area (Å²) < 4.78 is 51.4. The smallest absolute Gasteiger partial charge is 0.340 e. The van der Waals surface area contributed by atoms with Crippen LogP contribution in [0.25, 0.3) is 22.6 Å². The second-order valence-corrected chi connectivity index (χ2v) is 10.0. The number of pyridine rings is 1. The summed E-state index contributed by atoms with van der Waals surface area (Å²) in [6, 6.07) is 16.6. The van der Waals surface area contributed by atoms with Gasteiger partial charge in [-0.15, -0.1) is 0 Å². The van der Waals surface area contributed by atoms with E-state index in [1.807, 2.05) is 0 Å². The Morgan fingerprint density at radius 1 is 0.844 bits per heavy atom. The van der Waals surface area contributed by atoms with E-state index in [0.717, 1.165) is 51.2 Å². The number of carbonyl (C=O) groups excluding carboxylic acids is 1. The normalized spacial score (nSPS) is 11.0. The van der Waals surface area contributed by atoms with Gasteiger partial charge in [0, 0.05) is 43.7 Å². The molecule has 0 saturated heterocycles. The maximum Gasteiger partial charge on any atom is 0.340 e. The Morgan fingerprint density at radius 2 is 1.53 bits per heavy atom. The van der Waals surface area contributed by atoms with Crippen LogP contribution < -0.4 is 16.0 Å². The second kappa shape index (κ2) is 11.9. The first-order valence-corrected chi connectivity index (χ1v) is 13.5. The highest BCUT2D eigenvalue weighted by Crippen LogP contribution is 2.28. The predicted molar refractivity (Wildman–Crippen MR) is 158 cm³/mol. The summed E-state index contributed by atoms with van der Waals surface area (Å²) >= 11 is 0. The van der Waals surface area contributed by atoms with Crippen LogP contribution in [-0.4, -0.2) is 29.7 Å². The van der Waals surface area contributed by atoms with Gasteiger partial charge < -0.3 is 4.74 Å². The summed E-state index contributed by atoms with van der Waals surface area (Å²) in [5.74, 6) is -2.38. The second-order valence-electron chi connectivity index (χ2n) is 10.0. The molecule has 3 heterocycles. The number of aromatic nitrogens is 5. The number of aryl methyl sites for hydroxylation is 1. The van der Waals surface area contributed by atoms with Crippen molar-refractivity contribution < 1.29 is 22.7 Å². The van der Waals surface area contributed by atoms with E-state index in [4.69, 9.17) is 4.74 Å². The number of carbonyl (C=O) groups is 1. The molecule has 12 heteroatoms. The summed E-state index contributed by atoms with van der Waals surface area (Å²) in [5.41, 5.74) is -0.416. The third kappa shape index (κ3) is 6.07. The largest absolute Gasteiger partial charge is 0.454 e. The van der Waals surface area contributed by atoms with Gasteiger partial charge in [0.15, 0.2) is 17.3 Å². The highest BCUT2D eigenvalue weighted by molar-refractivity contribution is 5.97. The molecular weight excluding hydrogens is 587 g/mol. The molecule has 0 fully saturated rings. The molecular formula is C33H22F3N5O4. The van der Waals surface area contributed by atoms with Crippen molar-refractivity contribution in [1.29, 1.82) is 0 Å². The van der Waals surface area contributed by atoms with E-state index in [2.05, 4.69) is 10.1 Å². The molecule has 0 atom stereocenters. The minimum absolute atomic E-state index is 0.0206. The van der Waals surface area contributed by atoms with Crippen LogP contribution in [0.4, 0.5) is 13.2 Å². The molecule has 6 rings (SSSR count). The first-order valence-electron chi connectivity index (χ1n) is 13.5. The number of ketones is 1. The fraction of sp³-hybridized carbons (Fsp3) is 0.0606. The molecule has 3 aromatic carbocycles. The number of halogens is 3. The predicted octanol–water partition coefficient (Wildman–Crippen LogP) is 5.42. The lowest BCUT2D eigenvalue weighted by atomic mass is 10.0. The highest BCUT2D eigenvalue weighted by atomic mass is 19.1. The van der Waals surface area contributed by atoms with Gasteiger partial charge in [-0.05, 0) is 72.3 Å². The molecule has 0 aliphatic carbocycles. The first kappa shape index (κ1) is 29.1. The van der Waals surface area contributed by atoms with Crippen molar-refractivity contribution in [3.05, 3.63) is 153 Å². The van der Waals surface area contributed by atoms with E-state index in [-0.39, 0.29) is 28.3 Å². The number of rotatable bonds is 8. The topological polar surface area (TPSA) is 101 Å². The average Bonchev–Trinajstić information content (AvgIpc) is 3.46. The molecule has 0 aliphatic heterocycles. The Bertz CT molecular complexity index is 2170. The molecule has 3 aromatic heterocycles. The number of hydrogen-bond donors (Lipinski definition) is 0. The summed E-state index contributed by atoms with van der Waals surface area (Å²) in [5, 5.41) is 4.12. The van der Waals surface area contributed by atoms with E-state index in [1.54, 1.807) is 36.3 Å². The highest BCUT2D eigenvalue weighted by Gasteiger charge is 2.21. The fourth-order valence-corrected chi connectivity index (χ4v) is 4.68. The maximum absolute atomic E-state index is 15.1. The quantitative estimate of drug-likeness (QED) is 0.214. The van der Waals surface area contributed by atoms with Crippen molar-refractivity contribution in [3.63, 3.8) is 0 Å². The minimum Gasteiger partial charge on any atom is -0.454 e. The molecule has 6 aromatic rings. The zero-order valence-corrected chi connectivity index (χ0v) is 23.5. The van der Waals surface area contributed by atoms with Crippen LogP contribution in [0.2, 0.25) is 0 Å². The zero-order chi connectivity index (χ0) is 31.7. The fourth-order valence-electron chi connectivity index (χ4n) is 4.68. The molecule has 0 N–H and O–H groups in total. The van der Waals surface area contributed by atoms with Crippen molar-refractivity contribution in [2.45, 2.75) is 6.42 Å². The maximum atomic E-state index is 15.1. The summed E-state index contributed by atoms with van der Waals surface area (Å²) in [6.45, 7) is 0. The lowest BCUT2D eigenvalue weighted by Gasteiger charge is -2.13. The van der Waals surface area contributed by atoms with Crippen molar-refractivity contribution >= 4 is 5.78 Å². The Kier molecular flexibility index (Phi) is 7.69. The molecule has 0 unspecified atom stereocenters. The molecule has 45 heavy (non-hydrogen) atoms. The Labute approximate surface area is 253 Å². The third-order valence-electron chi connectivity index (χ3n) is 6.90. The van der Waals surface area contributed by atoms with E-state index >= 15 is 4.39 Å². The van der Waals surface area contributed by atoms with Crippen LogP contribution in [-0.2, 0) is 13.5 Å². The molecule has 0 aliphatic rings. The molecule has 0 bridgehead atoms. The standard InChI is InChI=1S/C33H22F3N5O4/c1-39-18-21(17-38-39)29-16-26(12-13-37-29)45-31-11-2-20(14-28(31)36)15-30(42)27-19-40(24-7-3-22(34)4-8-24)33(44)41(32(27)43)25-9-5-23(35)6-10-25/h2-14,16-19H,15H2,1H3. The van der Waals surface area contributed by atoms with E-state index in [9.17, 15) is 23.2 Å². The van der Waals surface area contributed by atoms with Gasteiger partial charge in [0.2, 0.25) is 0 Å². The monoisotopic (exact) mass is 609 g/mol. The van der Waals surface area contributed by atoms with Gasteiger partial charge in [0.25, 0.3) is 5.56 Å². The van der Waals surface area contributed by atoms with Gasteiger partial charge in [0.05, 0.1) is 23.3 Å². The summed E-state index contributed by atoms with van der Waals surface area (Å²) in [6.07, 6.45) is 5.61. The van der Waals surface area contributed by atoms with Crippen molar-refractivity contribution in [3.8, 4) is 34.1 Å². The van der Waals surface area contributed by atoms with Crippen molar-refractivity contribution in [2.24, 2.45) is 7.05 Å². The zero-order valence-electron chi connectivity index (χ0n) is 23.5. The van der Waals surface area contributed by atoms with Crippen LogP contribution in [0.1, 0.15) is 15.9 Å². The molecule has 9 nitrogen and oxygen atoms in total. The SMILES string of the molecule is Cn1cc(-c2cc(Oc3ccc(CC(=O)c4cn(-c5ccc(F)cc5)c(=O)n(-c5ccc(F)cc5)c4=O)cc3F)ccn2)cn1. The average molecular weight is 610 g/mol. The Balaban J connectivity index is 1.31. The van der Waals surface area contributed by atoms with Gasteiger partial charge in [-0.3, -0.25) is 23.8 Å². The van der Waals surface area contributed by atoms with Gasteiger partial charge >= 0.3 is 5.69 Å². The van der Waals surface area contributed by atoms with Gasteiger partial charge in [-0.1, -0.05) is 6.07 Å². The van der Waals surface area contributed by atoms with Crippen LogP contribution >= 0.6 is 0 Å². The molecule has 0 saturated carbocycles. The van der Waals surface area contributed by atoms with Crippen LogP contribution in [0, 0.1) is 17.5 Å². The first-order chi connectivity index (χ1) is 21.7. The number of hydrogen-bond acceptors (Lipinski definition) is 6. The lowest BCUT2D eigenvalue weighted by Crippen LogP contribution is -2.41. The minimum atomic E-state index is -0.947. The van der Waals surface area contributed by atoms with Crippen molar-refractivity contribution in [2.75, 3.05) is 0 Å². The van der Waals surface area contributed by atoms with Crippen LogP contribution in [0.5, 0.6) is 11.5 Å². The molecule has 0 spiro atoms. The number of benzene rings is 3. The summed E-state index contributed by atoms with van der Waals surface area (Å²) in [7, 11) is 1.77. The Morgan fingerprint density at radius 3 is 2.18 bits per heavy atom. The van der Waals surface area contributed by atoms with Crippen LogP contribution in [0.15, 0.2) is 113 Å². The number of nitrogens with zero attached hydrogens (tertiary/aromatic N) is 5. The Hall–Kier alpha value is -6.04. The van der Waals surface area contributed by atoms with Crippen LogP contribution in [0.3, 0.4) is 0 Å². The third-order valence-corrected chi connectivity index (χ3v) is 6.90. The van der Waals surface area contributed by atoms with Gasteiger partial charge in [-0.25, -0.2) is 22.5 Å². The van der Waals surface area contributed by atoms with Gasteiger partial charge in [0.1, 0.15) is 22.9 Å². The lowest BCUT2D eigenvalue weighted by molar-refractivity contribution is 0.0990. The number of Topliss-reactive ketones (excluding diaryl/α,β-unsaturated/α-hetero) is 1. The van der Waals surface area contributed by atoms with E-state index in [1.165, 1.54) is 42.6 Å². The van der Waals surface area contributed by atoms with E-state index in [0.29, 0.717) is 11.4 Å².